The summed E-state index contributed by atoms with van der Waals surface area (Å²) in [6.07, 6.45) is -7.49. The monoisotopic (exact) mass is 496 g/mol. The molecule has 154 valence electrons. The summed E-state index contributed by atoms with van der Waals surface area (Å²) < 4.78 is 168. The lowest BCUT2D eigenvalue weighted by atomic mass is 10.1. The van der Waals surface area contributed by atoms with Crippen LogP contribution < -0.4 is 0 Å². The molecular formula is C11H6BrF13S. The summed E-state index contributed by atoms with van der Waals surface area (Å²) in [5.74, 6) is -19.4. The Morgan fingerprint density at radius 3 is 1.42 bits per heavy atom. The minimum Gasteiger partial charge on any atom is -0.191 e. The molecule has 1 aromatic rings. The highest BCUT2D eigenvalue weighted by molar-refractivity contribution is 9.10. The van der Waals surface area contributed by atoms with Gasteiger partial charge in [0.25, 0.3) is 0 Å². The van der Waals surface area contributed by atoms with Gasteiger partial charge >= 0.3 is 23.3 Å². The van der Waals surface area contributed by atoms with Crippen LogP contribution in [0.3, 0.4) is 0 Å². The first-order valence-electron chi connectivity index (χ1n) is 5.92. The van der Waals surface area contributed by atoms with E-state index in [2.05, 4.69) is 15.9 Å². The highest BCUT2D eigenvalue weighted by Gasteiger charge is 2.96. The van der Waals surface area contributed by atoms with Crippen molar-refractivity contribution in [1.82, 2.24) is 0 Å². The van der Waals surface area contributed by atoms with Gasteiger partial charge < -0.3 is 0 Å². The van der Waals surface area contributed by atoms with Crippen molar-refractivity contribution in [2.45, 2.75) is 29.0 Å². The lowest BCUT2D eigenvalue weighted by Crippen LogP contribution is -2.64. The maximum absolute atomic E-state index is 13.6. The third-order valence-electron chi connectivity index (χ3n) is 3.06. The first kappa shape index (κ1) is 23.2. The van der Waals surface area contributed by atoms with Gasteiger partial charge in [-0.05, 0) is 17.7 Å². The SMILES string of the molecule is FC(F)(F)C(F)(F)C(F)(F)C(F)(F)S(F)(F)(F)(F)Cc1ccc(Br)cc1. The first-order valence-corrected chi connectivity index (χ1v) is 8.94. The normalized spacial score (nSPS) is 17.6. The highest BCUT2D eigenvalue weighted by atomic mass is 79.9. The topological polar surface area (TPSA) is 0 Å². The Balaban J connectivity index is 3.61. The molecule has 15 heteroatoms. The summed E-state index contributed by atoms with van der Waals surface area (Å²) in [6.45, 7) is 0. The van der Waals surface area contributed by atoms with Crippen molar-refractivity contribution in [3.05, 3.63) is 34.3 Å². The minimum atomic E-state index is -11.5. The number of alkyl halides is 9. The van der Waals surface area contributed by atoms with Crippen LogP contribution in [0.2, 0.25) is 0 Å². The van der Waals surface area contributed by atoms with Crippen molar-refractivity contribution in [3.63, 3.8) is 0 Å². The van der Waals surface area contributed by atoms with Gasteiger partial charge in [-0.15, -0.1) is 15.5 Å². The fourth-order valence-corrected chi connectivity index (χ4v) is 3.66. The van der Waals surface area contributed by atoms with E-state index in [1.807, 2.05) is 0 Å². The van der Waals surface area contributed by atoms with Gasteiger partial charge in [0, 0.05) is 4.47 Å². The van der Waals surface area contributed by atoms with E-state index in [9.17, 15) is 55.1 Å². The maximum Gasteiger partial charge on any atom is 0.460 e. The Morgan fingerprint density at radius 2 is 1.08 bits per heavy atom. The molecule has 0 spiro atoms. The number of hydrogen-bond donors (Lipinski definition) is 0. The summed E-state index contributed by atoms with van der Waals surface area (Å²) >= 11 is 2.71. The molecule has 0 heterocycles. The Bertz CT molecular complexity index is 684. The largest absolute Gasteiger partial charge is 0.460 e. The zero-order valence-corrected chi connectivity index (χ0v) is 14.1. The molecule has 0 aliphatic heterocycles. The molecule has 0 radical (unpaired) electrons. The van der Waals surface area contributed by atoms with Crippen LogP contribution in [0.15, 0.2) is 28.7 Å². The van der Waals surface area contributed by atoms with Gasteiger partial charge in [0.05, 0.1) is 5.75 Å². The summed E-state index contributed by atoms with van der Waals surface area (Å²) in [4.78, 5) is 0. The van der Waals surface area contributed by atoms with E-state index in [4.69, 9.17) is 0 Å². The molecule has 26 heavy (non-hydrogen) atoms. The van der Waals surface area contributed by atoms with Gasteiger partial charge in [-0.3, -0.25) is 0 Å². The van der Waals surface area contributed by atoms with E-state index < -0.39 is 44.4 Å². The van der Waals surface area contributed by atoms with Crippen LogP contribution >= 0.6 is 25.8 Å². The second-order valence-electron chi connectivity index (χ2n) is 5.17. The predicted molar refractivity (Wildman–Crippen MR) is 70.8 cm³/mol. The lowest BCUT2D eigenvalue weighted by Gasteiger charge is -2.56. The van der Waals surface area contributed by atoms with Crippen LogP contribution in [-0.4, -0.2) is 23.3 Å². The summed E-state index contributed by atoms with van der Waals surface area (Å²) in [5, 5.41) is -8.31. The third-order valence-corrected chi connectivity index (χ3v) is 5.89. The van der Waals surface area contributed by atoms with Gasteiger partial charge in [-0.2, -0.15) is 39.5 Å². The molecule has 0 nitrogen and oxygen atoms in total. The van der Waals surface area contributed by atoms with Crippen LogP contribution in [0, 0.1) is 0 Å². The van der Waals surface area contributed by atoms with Gasteiger partial charge in [-0.25, -0.2) is 0 Å². The number of hydrogen-bond acceptors (Lipinski definition) is 0. The molecule has 0 N–H and O–H groups in total. The molecule has 0 atom stereocenters. The number of rotatable bonds is 5. The third kappa shape index (κ3) is 3.36. The van der Waals surface area contributed by atoms with Crippen LogP contribution in [0.4, 0.5) is 55.1 Å². The fraction of sp³-hybridized carbons (Fsp3) is 0.455. The van der Waals surface area contributed by atoms with Gasteiger partial charge in [-0.1, -0.05) is 28.1 Å². The smallest absolute Gasteiger partial charge is 0.191 e. The molecule has 0 saturated carbocycles. The average molecular weight is 497 g/mol. The van der Waals surface area contributed by atoms with Crippen molar-refractivity contribution < 1.29 is 55.1 Å². The molecule has 0 saturated heterocycles. The zero-order valence-electron chi connectivity index (χ0n) is 11.7. The summed E-state index contributed by atoms with van der Waals surface area (Å²) in [7, 11) is -11.5. The fourth-order valence-electron chi connectivity index (χ4n) is 1.65. The van der Waals surface area contributed by atoms with E-state index in [1.165, 1.54) is 0 Å². The molecule has 1 aromatic carbocycles. The Kier molecular flexibility index (Phi) is 4.77. The van der Waals surface area contributed by atoms with Crippen LogP contribution in [-0.2, 0) is 5.75 Å². The van der Waals surface area contributed by atoms with Crippen LogP contribution in [0.25, 0.3) is 0 Å². The van der Waals surface area contributed by atoms with Crippen molar-refractivity contribution in [1.29, 1.82) is 0 Å². The highest BCUT2D eigenvalue weighted by Crippen LogP contribution is 3.05. The summed E-state index contributed by atoms with van der Waals surface area (Å²) in [6, 6.07) is 2.20. The Labute approximate surface area is 144 Å². The minimum absolute atomic E-state index is 0.0604. The standard InChI is InChI=1S/C11H6BrF13S/c12-7-3-1-6(2-4-7)5-26(22,23,24,25)11(20,21)9(15,16)8(13,14)10(17,18)19/h1-4H,5H2. The molecular weight excluding hydrogens is 491 g/mol. The van der Waals surface area contributed by atoms with E-state index in [1.54, 1.807) is 0 Å². The van der Waals surface area contributed by atoms with E-state index in [0.29, 0.717) is 12.1 Å². The van der Waals surface area contributed by atoms with E-state index >= 15 is 0 Å². The quantitative estimate of drug-likeness (QED) is 0.365. The van der Waals surface area contributed by atoms with Crippen LogP contribution in [0.5, 0.6) is 0 Å². The number of halogens is 14. The van der Waals surface area contributed by atoms with E-state index in [-0.39, 0.29) is 4.47 Å². The van der Waals surface area contributed by atoms with Gasteiger partial charge in [0.15, 0.2) is 0 Å². The van der Waals surface area contributed by atoms with Crippen molar-refractivity contribution in [2.24, 2.45) is 0 Å². The maximum atomic E-state index is 13.6. The lowest BCUT2D eigenvalue weighted by molar-refractivity contribution is -0.384. The van der Waals surface area contributed by atoms with E-state index in [0.717, 1.165) is 12.1 Å². The predicted octanol–water partition coefficient (Wildman–Crippen LogP) is 7.79. The molecule has 0 bridgehead atoms. The second kappa shape index (κ2) is 5.35. The molecule has 0 amide bonds. The number of benzene rings is 1. The molecule has 0 aromatic heterocycles. The van der Waals surface area contributed by atoms with Crippen molar-refractivity contribution in [2.75, 3.05) is 0 Å². The molecule has 1 rings (SSSR count). The zero-order chi connectivity index (χ0) is 21.1. The van der Waals surface area contributed by atoms with Crippen molar-refractivity contribution >= 4 is 25.8 Å². The van der Waals surface area contributed by atoms with Crippen molar-refractivity contribution in [3.8, 4) is 0 Å². The second-order valence-corrected chi connectivity index (χ2v) is 9.37. The Hall–Kier alpha value is -0.860. The van der Waals surface area contributed by atoms with Crippen LogP contribution in [0.1, 0.15) is 5.56 Å². The molecule has 0 aliphatic rings. The average Bonchev–Trinajstić information content (AvgIpc) is 2.38. The summed E-state index contributed by atoms with van der Waals surface area (Å²) in [5.41, 5.74) is -1.39. The Morgan fingerprint density at radius 1 is 0.692 bits per heavy atom. The molecule has 0 aliphatic carbocycles. The molecule has 0 fully saturated rings. The molecule has 0 unspecified atom stereocenters. The van der Waals surface area contributed by atoms with Gasteiger partial charge in [0.1, 0.15) is 0 Å². The van der Waals surface area contributed by atoms with Gasteiger partial charge in [0.2, 0.25) is 9.84 Å². The first-order chi connectivity index (χ1) is 11.0.